The molecule has 0 aliphatic heterocycles. The number of hydrogen-bond donors (Lipinski definition) is 1. The first-order valence-corrected chi connectivity index (χ1v) is 7.53. The van der Waals surface area contributed by atoms with E-state index in [4.69, 9.17) is 0 Å². The number of rotatable bonds is 2. The van der Waals surface area contributed by atoms with E-state index in [0.717, 1.165) is 11.1 Å². The largest absolute Gasteiger partial charge is 0.381 e. The third-order valence-corrected chi connectivity index (χ3v) is 4.38. The summed E-state index contributed by atoms with van der Waals surface area (Å²) in [4.78, 5) is 0. The fourth-order valence-electron chi connectivity index (χ4n) is 2.51. The molecule has 1 nitrogen and oxygen atoms in total. The molecule has 0 aromatic heterocycles. The second-order valence-electron chi connectivity index (χ2n) is 7.20. The average Bonchev–Trinajstić information content (AvgIpc) is 2.41. The minimum absolute atomic E-state index is 0.130. The van der Waals surface area contributed by atoms with Crippen LogP contribution in [-0.4, -0.2) is 5.11 Å². The van der Waals surface area contributed by atoms with Crippen LogP contribution in [0.15, 0.2) is 42.5 Å². The van der Waals surface area contributed by atoms with E-state index in [2.05, 4.69) is 58.9 Å². The molecule has 2 rings (SSSR count). The zero-order valence-corrected chi connectivity index (χ0v) is 14.0. The topological polar surface area (TPSA) is 20.2 Å². The van der Waals surface area contributed by atoms with Crippen LogP contribution >= 0.6 is 0 Å². The maximum atomic E-state index is 11.0. The van der Waals surface area contributed by atoms with Gasteiger partial charge in [0.05, 0.1) is 0 Å². The highest BCUT2D eigenvalue weighted by atomic mass is 16.3. The van der Waals surface area contributed by atoms with Crippen molar-refractivity contribution in [1.29, 1.82) is 0 Å². The highest BCUT2D eigenvalue weighted by Crippen LogP contribution is 2.32. The molecular weight excluding hydrogens is 256 g/mol. The lowest BCUT2D eigenvalue weighted by Crippen LogP contribution is -2.23. The summed E-state index contributed by atoms with van der Waals surface area (Å²) in [6.45, 7) is 12.6. The van der Waals surface area contributed by atoms with Crippen molar-refractivity contribution in [1.82, 2.24) is 0 Å². The first-order valence-electron chi connectivity index (χ1n) is 7.53. The molecular formula is C20H26O. The van der Waals surface area contributed by atoms with Gasteiger partial charge >= 0.3 is 0 Å². The molecule has 1 unspecified atom stereocenters. The summed E-state index contributed by atoms with van der Waals surface area (Å²) < 4.78 is 0. The van der Waals surface area contributed by atoms with Gasteiger partial charge in [-0.05, 0) is 54.0 Å². The number of aryl methyl sites for hydroxylation is 2. The van der Waals surface area contributed by atoms with Gasteiger partial charge in [-0.1, -0.05) is 63.2 Å². The molecule has 0 amide bonds. The van der Waals surface area contributed by atoms with Crippen LogP contribution in [0, 0.1) is 13.8 Å². The van der Waals surface area contributed by atoms with Crippen LogP contribution < -0.4 is 0 Å². The predicted octanol–water partition coefficient (Wildman–Crippen LogP) is 4.86. The number of hydrogen-bond acceptors (Lipinski definition) is 1. The van der Waals surface area contributed by atoms with E-state index >= 15 is 0 Å². The summed E-state index contributed by atoms with van der Waals surface area (Å²) in [5.41, 5.74) is 4.77. The van der Waals surface area contributed by atoms with Crippen molar-refractivity contribution in [3.05, 3.63) is 70.3 Å². The highest BCUT2D eigenvalue weighted by molar-refractivity contribution is 5.41. The number of benzene rings is 2. The van der Waals surface area contributed by atoms with Crippen molar-refractivity contribution in [2.45, 2.75) is 52.6 Å². The molecule has 2 aromatic rings. The van der Waals surface area contributed by atoms with E-state index in [1.807, 2.05) is 25.1 Å². The highest BCUT2D eigenvalue weighted by Gasteiger charge is 2.26. The van der Waals surface area contributed by atoms with Crippen molar-refractivity contribution in [2.75, 3.05) is 0 Å². The molecule has 1 atom stereocenters. The van der Waals surface area contributed by atoms with E-state index in [1.54, 1.807) is 0 Å². The predicted molar refractivity (Wildman–Crippen MR) is 89.7 cm³/mol. The monoisotopic (exact) mass is 282 g/mol. The molecule has 0 radical (unpaired) electrons. The molecule has 0 heterocycles. The fourth-order valence-corrected chi connectivity index (χ4v) is 2.51. The Bertz CT molecular complexity index is 628. The summed E-state index contributed by atoms with van der Waals surface area (Å²) in [6.07, 6.45) is 0. The quantitative estimate of drug-likeness (QED) is 0.834. The van der Waals surface area contributed by atoms with Crippen LogP contribution in [0.2, 0.25) is 0 Å². The lowest BCUT2D eigenvalue weighted by Gasteiger charge is -2.27. The van der Waals surface area contributed by atoms with Crippen LogP contribution in [0.5, 0.6) is 0 Å². The van der Waals surface area contributed by atoms with Crippen LogP contribution in [0.3, 0.4) is 0 Å². The van der Waals surface area contributed by atoms with Gasteiger partial charge in [0.2, 0.25) is 0 Å². The molecule has 2 aromatic carbocycles. The third-order valence-electron chi connectivity index (χ3n) is 4.38. The van der Waals surface area contributed by atoms with Crippen LogP contribution in [0.25, 0.3) is 0 Å². The van der Waals surface area contributed by atoms with Gasteiger partial charge in [-0.15, -0.1) is 0 Å². The van der Waals surface area contributed by atoms with Crippen molar-refractivity contribution in [2.24, 2.45) is 0 Å². The van der Waals surface area contributed by atoms with Gasteiger partial charge in [0.1, 0.15) is 5.60 Å². The fraction of sp³-hybridized carbons (Fsp3) is 0.400. The van der Waals surface area contributed by atoms with Crippen LogP contribution in [0.1, 0.15) is 55.5 Å². The summed E-state index contributed by atoms with van der Waals surface area (Å²) >= 11 is 0. The lowest BCUT2D eigenvalue weighted by atomic mass is 9.83. The molecule has 0 aliphatic rings. The second kappa shape index (κ2) is 5.31. The standard InChI is InChI=1S/C20H26O/c1-14-7-8-18(13-15(14)2)20(6,21)17-11-9-16(10-12-17)19(3,4)5/h7-13,21H,1-6H3. The molecule has 112 valence electrons. The molecule has 0 aliphatic carbocycles. The Balaban J connectivity index is 2.41. The lowest BCUT2D eigenvalue weighted by molar-refractivity contribution is 0.102. The molecule has 0 bridgehead atoms. The minimum atomic E-state index is -0.963. The smallest absolute Gasteiger partial charge is 0.112 e. The maximum Gasteiger partial charge on any atom is 0.112 e. The Morgan fingerprint density at radius 1 is 0.667 bits per heavy atom. The maximum absolute atomic E-state index is 11.0. The Kier molecular flexibility index (Phi) is 3.99. The molecule has 1 heteroatoms. The Labute approximate surface area is 128 Å². The summed E-state index contributed by atoms with van der Waals surface area (Å²) in [6, 6.07) is 14.5. The van der Waals surface area contributed by atoms with Crippen LogP contribution in [-0.2, 0) is 11.0 Å². The van der Waals surface area contributed by atoms with Crippen molar-refractivity contribution >= 4 is 0 Å². The van der Waals surface area contributed by atoms with Gasteiger partial charge in [0.15, 0.2) is 0 Å². The zero-order valence-electron chi connectivity index (χ0n) is 14.0. The van der Waals surface area contributed by atoms with Crippen molar-refractivity contribution in [3.63, 3.8) is 0 Å². The Hall–Kier alpha value is -1.60. The minimum Gasteiger partial charge on any atom is -0.381 e. The van der Waals surface area contributed by atoms with Gasteiger partial charge < -0.3 is 5.11 Å². The summed E-state index contributed by atoms with van der Waals surface area (Å²) in [7, 11) is 0. The Morgan fingerprint density at radius 3 is 1.62 bits per heavy atom. The van der Waals surface area contributed by atoms with E-state index in [-0.39, 0.29) is 5.41 Å². The van der Waals surface area contributed by atoms with Gasteiger partial charge in [-0.3, -0.25) is 0 Å². The van der Waals surface area contributed by atoms with E-state index in [0.29, 0.717) is 0 Å². The van der Waals surface area contributed by atoms with Gasteiger partial charge in [0, 0.05) is 0 Å². The average molecular weight is 282 g/mol. The number of aliphatic hydroxyl groups is 1. The third kappa shape index (κ3) is 3.19. The van der Waals surface area contributed by atoms with Crippen molar-refractivity contribution in [3.8, 4) is 0 Å². The van der Waals surface area contributed by atoms with E-state index in [9.17, 15) is 5.11 Å². The van der Waals surface area contributed by atoms with E-state index in [1.165, 1.54) is 16.7 Å². The van der Waals surface area contributed by atoms with Gasteiger partial charge in [-0.2, -0.15) is 0 Å². The summed E-state index contributed by atoms with van der Waals surface area (Å²) in [5.74, 6) is 0. The van der Waals surface area contributed by atoms with Gasteiger partial charge in [-0.25, -0.2) is 0 Å². The molecule has 0 saturated heterocycles. The molecule has 0 spiro atoms. The Morgan fingerprint density at radius 2 is 1.14 bits per heavy atom. The summed E-state index contributed by atoms with van der Waals surface area (Å²) in [5, 5.41) is 11.0. The first-order chi connectivity index (χ1) is 9.62. The molecule has 0 fully saturated rings. The molecule has 1 N–H and O–H groups in total. The SMILES string of the molecule is Cc1ccc(C(C)(O)c2ccc(C(C)(C)C)cc2)cc1C. The normalized spacial score (nSPS) is 14.8. The second-order valence-corrected chi connectivity index (χ2v) is 7.20. The van der Waals surface area contributed by atoms with E-state index < -0.39 is 5.60 Å². The zero-order chi connectivity index (χ0) is 15.8. The first kappa shape index (κ1) is 15.8. The van der Waals surface area contributed by atoms with Crippen molar-refractivity contribution < 1.29 is 5.11 Å². The molecule has 0 saturated carbocycles. The molecule has 21 heavy (non-hydrogen) atoms. The van der Waals surface area contributed by atoms with Gasteiger partial charge in [0.25, 0.3) is 0 Å². The van der Waals surface area contributed by atoms with Crippen LogP contribution in [0.4, 0.5) is 0 Å².